The smallest absolute Gasteiger partial charge is 0.240 e. The van der Waals surface area contributed by atoms with Gasteiger partial charge in [0.15, 0.2) is 5.11 Å². The Labute approximate surface area is 135 Å². The van der Waals surface area contributed by atoms with Crippen LogP contribution in [0.2, 0.25) is 0 Å². The molecule has 1 atom stereocenters. The summed E-state index contributed by atoms with van der Waals surface area (Å²) >= 11 is 5.26. The molecule has 1 amide bonds. The second-order valence-corrected chi connectivity index (χ2v) is 5.52. The van der Waals surface area contributed by atoms with Gasteiger partial charge in [0.1, 0.15) is 6.04 Å². The zero-order valence-electron chi connectivity index (χ0n) is 12.4. The quantitative estimate of drug-likeness (QED) is 0.742. The predicted molar refractivity (Wildman–Crippen MR) is 93.7 cm³/mol. The van der Waals surface area contributed by atoms with Gasteiger partial charge in [-0.3, -0.25) is 4.79 Å². The number of anilines is 1. The van der Waals surface area contributed by atoms with Crippen molar-refractivity contribution in [3.05, 3.63) is 65.7 Å². The van der Waals surface area contributed by atoms with Crippen LogP contribution >= 0.6 is 12.2 Å². The maximum Gasteiger partial charge on any atom is 0.240 e. The van der Waals surface area contributed by atoms with E-state index in [2.05, 4.69) is 10.6 Å². The maximum absolute atomic E-state index is 11.6. The minimum absolute atomic E-state index is 0.380. The summed E-state index contributed by atoms with van der Waals surface area (Å²) in [5.74, 6) is -0.433. The summed E-state index contributed by atoms with van der Waals surface area (Å²) in [4.78, 5) is 11.6. The molecule has 0 bridgehead atoms. The van der Waals surface area contributed by atoms with E-state index in [0.29, 0.717) is 11.5 Å². The highest BCUT2D eigenvalue weighted by Crippen LogP contribution is 2.09. The number of thiocarbonyl (C=S) groups is 1. The minimum Gasteiger partial charge on any atom is -0.368 e. The largest absolute Gasteiger partial charge is 0.368 e. The average Bonchev–Trinajstić information content (AvgIpc) is 2.47. The highest BCUT2D eigenvalue weighted by atomic mass is 32.1. The number of primary amides is 1. The number of nitrogens with two attached hydrogens (primary N) is 1. The number of hydrogen-bond donors (Lipinski definition) is 3. The molecule has 5 heteroatoms. The van der Waals surface area contributed by atoms with E-state index in [1.54, 1.807) is 0 Å². The van der Waals surface area contributed by atoms with Gasteiger partial charge in [-0.1, -0.05) is 42.5 Å². The summed E-state index contributed by atoms with van der Waals surface area (Å²) < 4.78 is 0. The third-order valence-corrected chi connectivity index (χ3v) is 3.43. The van der Waals surface area contributed by atoms with E-state index in [4.69, 9.17) is 18.0 Å². The lowest BCUT2D eigenvalue weighted by Gasteiger charge is -2.18. The highest BCUT2D eigenvalue weighted by Gasteiger charge is 2.16. The van der Waals surface area contributed by atoms with E-state index in [1.165, 1.54) is 0 Å². The average molecular weight is 313 g/mol. The van der Waals surface area contributed by atoms with E-state index >= 15 is 0 Å². The lowest BCUT2D eigenvalue weighted by atomic mass is 10.1. The van der Waals surface area contributed by atoms with Gasteiger partial charge in [-0.2, -0.15) is 0 Å². The van der Waals surface area contributed by atoms with Crippen LogP contribution in [-0.4, -0.2) is 17.1 Å². The van der Waals surface area contributed by atoms with Crippen LogP contribution in [0.15, 0.2) is 54.6 Å². The fourth-order valence-electron chi connectivity index (χ4n) is 2.12. The topological polar surface area (TPSA) is 67.2 Å². The molecule has 2 rings (SSSR count). The standard InChI is InChI=1S/C17H19N3OS/c1-12-6-5-9-14(10-12)19-17(22)20-15(16(18)21)11-13-7-3-2-4-8-13/h2-10,15H,11H2,1H3,(H2,18,21)(H2,19,20,22). The third kappa shape index (κ3) is 4.86. The molecule has 1 unspecified atom stereocenters. The molecule has 0 radical (unpaired) electrons. The van der Waals surface area contributed by atoms with Gasteiger partial charge in [0.25, 0.3) is 0 Å². The number of carbonyl (C=O) groups excluding carboxylic acids is 1. The molecule has 0 aliphatic carbocycles. The Kier molecular flexibility index (Phi) is 5.49. The van der Waals surface area contributed by atoms with Gasteiger partial charge in [-0.05, 0) is 42.4 Å². The van der Waals surface area contributed by atoms with Gasteiger partial charge < -0.3 is 16.4 Å². The Bertz CT molecular complexity index is 658. The van der Waals surface area contributed by atoms with Gasteiger partial charge >= 0.3 is 0 Å². The first kappa shape index (κ1) is 16.0. The lowest BCUT2D eigenvalue weighted by Crippen LogP contribution is -2.47. The van der Waals surface area contributed by atoms with Crippen LogP contribution in [0.4, 0.5) is 5.69 Å². The van der Waals surface area contributed by atoms with Crippen LogP contribution < -0.4 is 16.4 Å². The SMILES string of the molecule is Cc1cccc(NC(=S)NC(Cc2ccccc2)C(N)=O)c1. The number of carbonyl (C=O) groups is 1. The van der Waals surface area contributed by atoms with Gasteiger partial charge in [-0.25, -0.2) is 0 Å². The summed E-state index contributed by atoms with van der Waals surface area (Å²) in [5.41, 5.74) is 8.49. The molecule has 0 saturated heterocycles. The molecule has 0 aliphatic rings. The monoisotopic (exact) mass is 313 g/mol. The van der Waals surface area contributed by atoms with Crippen LogP contribution in [0.1, 0.15) is 11.1 Å². The van der Waals surface area contributed by atoms with E-state index in [0.717, 1.165) is 16.8 Å². The predicted octanol–water partition coefficient (Wildman–Crippen LogP) is 2.38. The fourth-order valence-corrected chi connectivity index (χ4v) is 2.38. The molecular formula is C17H19N3OS. The molecule has 0 aliphatic heterocycles. The van der Waals surface area contributed by atoms with Crippen LogP contribution in [-0.2, 0) is 11.2 Å². The van der Waals surface area contributed by atoms with Crippen molar-refractivity contribution in [1.82, 2.24) is 5.32 Å². The van der Waals surface area contributed by atoms with E-state index in [1.807, 2.05) is 61.5 Å². The second kappa shape index (κ2) is 7.56. The summed E-state index contributed by atoms with van der Waals surface area (Å²) in [6.45, 7) is 2.00. The molecular weight excluding hydrogens is 294 g/mol. The molecule has 2 aromatic carbocycles. The normalized spacial score (nSPS) is 11.5. The van der Waals surface area contributed by atoms with Crippen LogP contribution in [0.5, 0.6) is 0 Å². The van der Waals surface area contributed by atoms with Crippen molar-refractivity contribution < 1.29 is 4.79 Å². The highest BCUT2D eigenvalue weighted by molar-refractivity contribution is 7.80. The zero-order chi connectivity index (χ0) is 15.9. The van der Waals surface area contributed by atoms with Crippen molar-refractivity contribution >= 4 is 28.9 Å². The van der Waals surface area contributed by atoms with Crippen molar-refractivity contribution in [2.45, 2.75) is 19.4 Å². The number of nitrogens with one attached hydrogen (secondary N) is 2. The van der Waals surface area contributed by atoms with Gasteiger partial charge in [-0.15, -0.1) is 0 Å². The molecule has 0 spiro atoms. The Morgan fingerprint density at radius 1 is 1.18 bits per heavy atom. The second-order valence-electron chi connectivity index (χ2n) is 5.11. The minimum atomic E-state index is -0.549. The van der Waals surface area contributed by atoms with Crippen LogP contribution in [0.3, 0.4) is 0 Å². The molecule has 22 heavy (non-hydrogen) atoms. The van der Waals surface area contributed by atoms with Crippen molar-refractivity contribution in [3.63, 3.8) is 0 Å². The van der Waals surface area contributed by atoms with E-state index < -0.39 is 11.9 Å². The first-order valence-electron chi connectivity index (χ1n) is 7.02. The molecule has 0 fully saturated rings. The third-order valence-electron chi connectivity index (χ3n) is 3.21. The van der Waals surface area contributed by atoms with Crippen molar-refractivity contribution in [1.29, 1.82) is 0 Å². The maximum atomic E-state index is 11.6. The van der Waals surface area contributed by atoms with Gasteiger partial charge in [0.2, 0.25) is 5.91 Å². The summed E-state index contributed by atoms with van der Waals surface area (Å²) in [5, 5.41) is 6.43. The summed E-state index contributed by atoms with van der Waals surface area (Å²) in [6, 6.07) is 17.0. The molecule has 2 aromatic rings. The van der Waals surface area contributed by atoms with Crippen LogP contribution in [0.25, 0.3) is 0 Å². The molecule has 114 valence electrons. The van der Waals surface area contributed by atoms with Crippen molar-refractivity contribution in [2.24, 2.45) is 5.73 Å². The van der Waals surface area contributed by atoms with Gasteiger partial charge in [0.05, 0.1) is 0 Å². The molecule has 4 N–H and O–H groups in total. The Balaban J connectivity index is 1.98. The van der Waals surface area contributed by atoms with Crippen molar-refractivity contribution in [3.8, 4) is 0 Å². The van der Waals surface area contributed by atoms with E-state index in [-0.39, 0.29) is 0 Å². The zero-order valence-corrected chi connectivity index (χ0v) is 13.2. The number of aryl methyl sites for hydroxylation is 1. The number of benzene rings is 2. The Hall–Kier alpha value is -2.40. The number of amides is 1. The first-order chi connectivity index (χ1) is 10.5. The van der Waals surface area contributed by atoms with Crippen LogP contribution in [0, 0.1) is 6.92 Å². The molecule has 0 heterocycles. The number of rotatable bonds is 5. The van der Waals surface area contributed by atoms with Crippen molar-refractivity contribution in [2.75, 3.05) is 5.32 Å². The number of hydrogen-bond acceptors (Lipinski definition) is 2. The van der Waals surface area contributed by atoms with E-state index in [9.17, 15) is 4.79 Å². The summed E-state index contributed by atoms with van der Waals surface area (Å²) in [7, 11) is 0. The molecule has 0 aromatic heterocycles. The fraction of sp³-hybridized carbons (Fsp3) is 0.176. The lowest BCUT2D eigenvalue weighted by molar-refractivity contribution is -0.119. The Morgan fingerprint density at radius 3 is 2.55 bits per heavy atom. The molecule has 4 nitrogen and oxygen atoms in total. The van der Waals surface area contributed by atoms with Gasteiger partial charge in [0, 0.05) is 12.1 Å². The Morgan fingerprint density at radius 2 is 1.91 bits per heavy atom. The first-order valence-corrected chi connectivity index (χ1v) is 7.43. The molecule has 0 saturated carbocycles. The summed E-state index contributed by atoms with van der Waals surface area (Å²) in [6.07, 6.45) is 0.492.